The van der Waals surface area contributed by atoms with Gasteiger partial charge in [0.1, 0.15) is 0 Å². The van der Waals surface area contributed by atoms with E-state index in [2.05, 4.69) is 18.7 Å². The maximum absolute atomic E-state index is 11.4. The molecule has 0 heterocycles. The molecule has 0 bridgehead atoms. The summed E-state index contributed by atoms with van der Waals surface area (Å²) in [6.45, 7) is 8.23. The molecule has 0 aliphatic heterocycles. The second kappa shape index (κ2) is 9.35. The van der Waals surface area contributed by atoms with Crippen molar-refractivity contribution in [3.05, 3.63) is 0 Å². The van der Waals surface area contributed by atoms with Crippen molar-refractivity contribution < 1.29 is 14.6 Å². The van der Waals surface area contributed by atoms with E-state index in [1.54, 1.807) is 6.92 Å². The lowest BCUT2D eigenvalue weighted by molar-refractivity contribution is -0.145. The van der Waals surface area contributed by atoms with Crippen LogP contribution in [0.15, 0.2) is 0 Å². The Hall–Kier alpha value is -0.610. The van der Waals surface area contributed by atoms with E-state index in [1.165, 1.54) is 25.7 Å². The van der Waals surface area contributed by atoms with Crippen molar-refractivity contribution in [3.8, 4) is 0 Å². The predicted octanol–water partition coefficient (Wildman–Crippen LogP) is 2.59. The summed E-state index contributed by atoms with van der Waals surface area (Å²) in [5.41, 5.74) is 0. The van der Waals surface area contributed by atoms with Gasteiger partial charge in [-0.25, -0.2) is 0 Å². The molecule has 1 unspecified atom stereocenters. The first-order valence-corrected chi connectivity index (χ1v) is 8.10. The molecule has 1 saturated carbocycles. The average Bonchev–Trinajstić information content (AvgIpc) is 2.88. The summed E-state index contributed by atoms with van der Waals surface area (Å²) in [5, 5.41) is 10.1. The Bertz CT molecular complexity index is 275. The van der Waals surface area contributed by atoms with Crippen molar-refractivity contribution in [3.63, 3.8) is 0 Å². The normalized spacial score (nSPS) is 17.9. The number of rotatable bonds is 9. The lowest BCUT2D eigenvalue weighted by atomic mass is 10.1. The highest BCUT2D eigenvalue weighted by molar-refractivity contribution is 5.69. The SMILES string of the molecule is CCOC(=O)CC(O)CN(CCC(C)C)C1CCCC1. The highest BCUT2D eigenvalue weighted by Gasteiger charge is 2.25. The number of aliphatic hydroxyl groups is 1. The Morgan fingerprint density at radius 3 is 2.55 bits per heavy atom. The highest BCUT2D eigenvalue weighted by atomic mass is 16.5. The fourth-order valence-corrected chi connectivity index (χ4v) is 2.86. The molecule has 4 nitrogen and oxygen atoms in total. The smallest absolute Gasteiger partial charge is 0.308 e. The molecular weight excluding hydrogens is 254 g/mol. The van der Waals surface area contributed by atoms with E-state index in [-0.39, 0.29) is 12.4 Å². The molecule has 0 radical (unpaired) electrons. The summed E-state index contributed by atoms with van der Waals surface area (Å²) in [7, 11) is 0. The molecule has 0 spiro atoms. The summed E-state index contributed by atoms with van der Waals surface area (Å²) in [6.07, 6.45) is 5.67. The van der Waals surface area contributed by atoms with Gasteiger partial charge in [0.25, 0.3) is 0 Å². The molecule has 20 heavy (non-hydrogen) atoms. The number of carbonyl (C=O) groups is 1. The minimum Gasteiger partial charge on any atom is -0.466 e. The third kappa shape index (κ3) is 6.71. The van der Waals surface area contributed by atoms with E-state index in [0.29, 0.717) is 25.1 Å². The third-order valence-corrected chi connectivity index (χ3v) is 3.99. The van der Waals surface area contributed by atoms with Crippen molar-refractivity contribution >= 4 is 5.97 Å². The van der Waals surface area contributed by atoms with Crippen molar-refractivity contribution in [2.75, 3.05) is 19.7 Å². The summed E-state index contributed by atoms with van der Waals surface area (Å²) in [6, 6.07) is 0.589. The summed E-state index contributed by atoms with van der Waals surface area (Å²) < 4.78 is 4.90. The zero-order chi connectivity index (χ0) is 15.0. The number of nitrogens with zero attached hydrogens (tertiary/aromatic N) is 1. The molecule has 1 fully saturated rings. The minimum absolute atomic E-state index is 0.110. The zero-order valence-corrected chi connectivity index (χ0v) is 13.3. The van der Waals surface area contributed by atoms with Gasteiger partial charge in [-0.05, 0) is 38.6 Å². The lowest BCUT2D eigenvalue weighted by Crippen LogP contribution is -2.41. The average molecular weight is 285 g/mol. The van der Waals surface area contributed by atoms with Crippen molar-refractivity contribution in [1.29, 1.82) is 0 Å². The Labute approximate surface area is 123 Å². The molecule has 4 heteroatoms. The first-order chi connectivity index (χ1) is 9.52. The van der Waals surface area contributed by atoms with Crippen LogP contribution < -0.4 is 0 Å². The van der Waals surface area contributed by atoms with Crippen molar-refractivity contribution in [2.24, 2.45) is 5.92 Å². The molecule has 118 valence electrons. The molecule has 0 aromatic rings. The fraction of sp³-hybridized carbons (Fsp3) is 0.938. The molecule has 0 aromatic heterocycles. The largest absolute Gasteiger partial charge is 0.466 e. The highest BCUT2D eigenvalue weighted by Crippen LogP contribution is 2.24. The topological polar surface area (TPSA) is 49.8 Å². The summed E-state index contributed by atoms with van der Waals surface area (Å²) in [5.74, 6) is 0.372. The van der Waals surface area contributed by atoms with Crippen LogP contribution in [0.25, 0.3) is 0 Å². The first-order valence-electron chi connectivity index (χ1n) is 8.10. The van der Waals surface area contributed by atoms with E-state index in [9.17, 15) is 9.90 Å². The van der Waals surface area contributed by atoms with Gasteiger partial charge in [-0.2, -0.15) is 0 Å². The van der Waals surface area contributed by atoms with E-state index < -0.39 is 6.10 Å². The monoisotopic (exact) mass is 285 g/mol. The van der Waals surface area contributed by atoms with Crippen LogP contribution in [0.5, 0.6) is 0 Å². The quantitative estimate of drug-likeness (QED) is 0.662. The van der Waals surface area contributed by atoms with E-state index in [0.717, 1.165) is 13.0 Å². The van der Waals surface area contributed by atoms with Crippen molar-refractivity contribution in [1.82, 2.24) is 4.90 Å². The van der Waals surface area contributed by atoms with Gasteiger partial charge < -0.3 is 9.84 Å². The van der Waals surface area contributed by atoms with Gasteiger partial charge in [0.15, 0.2) is 0 Å². The summed E-state index contributed by atoms with van der Waals surface area (Å²) >= 11 is 0. The van der Waals surface area contributed by atoms with Gasteiger partial charge >= 0.3 is 5.97 Å². The van der Waals surface area contributed by atoms with Crippen LogP contribution in [-0.4, -0.2) is 47.8 Å². The molecule has 0 saturated heterocycles. The van der Waals surface area contributed by atoms with Crippen molar-refractivity contribution in [2.45, 2.75) is 71.4 Å². The standard InChI is InChI=1S/C16H31NO3/c1-4-20-16(19)11-15(18)12-17(10-9-13(2)3)14-7-5-6-8-14/h13-15,18H,4-12H2,1-3H3. The van der Waals surface area contributed by atoms with Crippen LogP contribution in [-0.2, 0) is 9.53 Å². The molecular formula is C16H31NO3. The van der Waals surface area contributed by atoms with Gasteiger partial charge in [0, 0.05) is 12.6 Å². The number of carbonyl (C=O) groups excluding carboxylic acids is 1. The maximum atomic E-state index is 11.4. The van der Waals surface area contributed by atoms with Gasteiger partial charge in [-0.15, -0.1) is 0 Å². The molecule has 1 aliphatic rings. The number of hydrogen-bond acceptors (Lipinski definition) is 4. The van der Waals surface area contributed by atoms with Gasteiger partial charge in [0.2, 0.25) is 0 Å². The number of hydrogen-bond donors (Lipinski definition) is 1. The van der Waals surface area contributed by atoms with Gasteiger partial charge in [0.05, 0.1) is 19.1 Å². The van der Waals surface area contributed by atoms with Crippen LogP contribution in [0.1, 0.15) is 59.3 Å². The Kier molecular flexibility index (Phi) is 8.15. The van der Waals surface area contributed by atoms with E-state index >= 15 is 0 Å². The number of ether oxygens (including phenoxy) is 1. The number of aliphatic hydroxyl groups excluding tert-OH is 1. The van der Waals surface area contributed by atoms with Crippen LogP contribution in [0.4, 0.5) is 0 Å². The molecule has 0 aromatic carbocycles. The Morgan fingerprint density at radius 2 is 2.00 bits per heavy atom. The minimum atomic E-state index is -0.609. The van der Waals surface area contributed by atoms with E-state index in [1.807, 2.05) is 0 Å². The van der Waals surface area contributed by atoms with Crippen LogP contribution in [0.2, 0.25) is 0 Å². The molecule has 0 amide bonds. The second-order valence-corrected chi connectivity index (χ2v) is 6.28. The first kappa shape index (κ1) is 17.4. The molecule has 1 atom stereocenters. The Morgan fingerprint density at radius 1 is 1.35 bits per heavy atom. The molecule has 1 aliphatic carbocycles. The molecule has 1 N–H and O–H groups in total. The molecule has 1 rings (SSSR count). The third-order valence-electron chi connectivity index (χ3n) is 3.99. The van der Waals surface area contributed by atoms with Gasteiger partial charge in [-0.1, -0.05) is 26.7 Å². The Balaban J connectivity index is 2.43. The maximum Gasteiger partial charge on any atom is 0.308 e. The predicted molar refractivity (Wildman–Crippen MR) is 80.5 cm³/mol. The van der Waals surface area contributed by atoms with Crippen LogP contribution in [0, 0.1) is 5.92 Å². The van der Waals surface area contributed by atoms with E-state index in [4.69, 9.17) is 4.74 Å². The number of esters is 1. The summed E-state index contributed by atoms with van der Waals surface area (Å²) in [4.78, 5) is 13.8. The van der Waals surface area contributed by atoms with Crippen LogP contribution in [0.3, 0.4) is 0 Å². The fourth-order valence-electron chi connectivity index (χ4n) is 2.86. The second-order valence-electron chi connectivity index (χ2n) is 6.28. The zero-order valence-electron chi connectivity index (χ0n) is 13.3. The lowest BCUT2D eigenvalue weighted by Gasteiger charge is -2.31. The van der Waals surface area contributed by atoms with Gasteiger partial charge in [-0.3, -0.25) is 9.69 Å². The van der Waals surface area contributed by atoms with Crippen LogP contribution >= 0.6 is 0 Å².